The molecule has 0 fully saturated rings. The molecular formula is C10H16BrNO2. The molecule has 0 amide bonds. The molecule has 80 valence electrons. The fourth-order valence-electron chi connectivity index (χ4n) is 1.30. The van der Waals surface area contributed by atoms with Crippen molar-refractivity contribution >= 4 is 15.9 Å². The molecular weight excluding hydrogens is 246 g/mol. The lowest BCUT2D eigenvalue weighted by Crippen LogP contribution is -2.39. The SMILES string of the molecule is CCC(C)(OC)C(N)c1occc1Br. The van der Waals surface area contributed by atoms with Gasteiger partial charge >= 0.3 is 0 Å². The molecule has 1 aromatic rings. The maximum absolute atomic E-state index is 6.09. The van der Waals surface area contributed by atoms with Crippen molar-refractivity contribution < 1.29 is 9.15 Å². The van der Waals surface area contributed by atoms with Gasteiger partial charge in [-0.15, -0.1) is 0 Å². The van der Waals surface area contributed by atoms with E-state index < -0.39 is 0 Å². The second-order valence-electron chi connectivity index (χ2n) is 3.48. The van der Waals surface area contributed by atoms with Crippen LogP contribution in [0.25, 0.3) is 0 Å². The van der Waals surface area contributed by atoms with Crippen LogP contribution in [-0.4, -0.2) is 12.7 Å². The molecule has 14 heavy (non-hydrogen) atoms. The minimum Gasteiger partial charge on any atom is -0.466 e. The molecule has 0 aliphatic carbocycles. The number of hydrogen-bond acceptors (Lipinski definition) is 3. The first-order chi connectivity index (χ1) is 6.55. The summed E-state index contributed by atoms with van der Waals surface area (Å²) >= 11 is 3.39. The number of nitrogens with two attached hydrogens (primary N) is 1. The van der Waals surface area contributed by atoms with Crippen LogP contribution < -0.4 is 5.73 Å². The van der Waals surface area contributed by atoms with E-state index in [2.05, 4.69) is 15.9 Å². The molecule has 1 rings (SSSR count). The Kier molecular flexibility index (Phi) is 3.75. The Balaban J connectivity index is 2.94. The van der Waals surface area contributed by atoms with E-state index in [9.17, 15) is 0 Å². The zero-order valence-electron chi connectivity index (χ0n) is 8.71. The Hall–Kier alpha value is -0.320. The average Bonchev–Trinajstić information content (AvgIpc) is 2.62. The molecule has 4 heteroatoms. The van der Waals surface area contributed by atoms with E-state index in [0.29, 0.717) is 0 Å². The molecule has 0 bridgehead atoms. The van der Waals surface area contributed by atoms with Crippen molar-refractivity contribution in [2.45, 2.75) is 31.9 Å². The number of rotatable bonds is 4. The van der Waals surface area contributed by atoms with Gasteiger partial charge in [0.2, 0.25) is 0 Å². The predicted molar refractivity (Wildman–Crippen MR) is 59.0 cm³/mol. The van der Waals surface area contributed by atoms with E-state index in [0.717, 1.165) is 16.7 Å². The Morgan fingerprint density at radius 1 is 1.71 bits per heavy atom. The van der Waals surface area contributed by atoms with Crippen molar-refractivity contribution in [3.05, 3.63) is 22.6 Å². The summed E-state index contributed by atoms with van der Waals surface area (Å²) in [5.74, 6) is 0.733. The summed E-state index contributed by atoms with van der Waals surface area (Å²) in [4.78, 5) is 0. The number of furan rings is 1. The highest BCUT2D eigenvalue weighted by molar-refractivity contribution is 9.10. The summed E-state index contributed by atoms with van der Waals surface area (Å²) in [5.41, 5.74) is 5.70. The van der Waals surface area contributed by atoms with Crippen molar-refractivity contribution in [2.24, 2.45) is 5.73 Å². The van der Waals surface area contributed by atoms with E-state index in [4.69, 9.17) is 14.9 Å². The van der Waals surface area contributed by atoms with Crippen molar-refractivity contribution in [1.82, 2.24) is 0 Å². The van der Waals surface area contributed by atoms with E-state index >= 15 is 0 Å². The van der Waals surface area contributed by atoms with Crippen LogP contribution in [0, 0.1) is 0 Å². The maximum Gasteiger partial charge on any atom is 0.137 e. The first kappa shape index (κ1) is 11.8. The third-order valence-electron chi connectivity index (χ3n) is 2.75. The van der Waals surface area contributed by atoms with Crippen molar-refractivity contribution in [1.29, 1.82) is 0 Å². The highest BCUT2D eigenvalue weighted by Gasteiger charge is 2.34. The third kappa shape index (κ3) is 2.02. The van der Waals surface area contributed by atoms with Crippen LogP contribution in [-0.2, 0) is 4.74 Å². The van der Waals surface area contributed by atoms with Crippen LogP contribution in [0.3, 0.4) is 0 Å². The Bertz CT molecular complexity index is 294. The van der Waals surface area contributed by atoms with Gasteiger partial charge in [0.05, 0.1) is 22.4 Å². The lowest BCUT2D eigenvalue weighted by atomic mass is 9.92. The van der Waals surface area contributed by atoms with Crippen LogP contribution in [0.5, 0.6) is 0 Å². The topological polar surface area (TPSA) is 48.4 Å². The first-order valence-corrected chi connectivity index (χ1v) is 5.38. The Morgan fingerprint density at radius 3 is 2.71 bits per heavy atom. The highest BCUT2D eigenvalue weighted by Crippen LogP contribution is 2.33. The van der Waals surface area contributed by atoms with Gasteiger partial charge in [-0.25, -0.2) is 0 Å². The standard InChI is InChI=1S/C10H16BrNO2/c1-4-10(2,13-3)9(12)8-7(11)5-6-14-8/h5-6,9H,4,12H2,1-3H3. The normalized spacial score (nSPS) is 17.8. The maximum atomic E-state index is 6.09. The van der Waals surface area contributed by atoms with Crippen molar-refractivity contribution in [3.8, 4) is 0 Å². The largest absolute Gasteiger partial charge is 0.466 e. The first-order valence-electron chi connectivity index (χ1n) is 4.58. The lowest BCUT2D eigenvalue weighted by molar-refractivity contribution is -0.0246. The fraction of sp³-hybridized carbons (Fsp3) is 0.600. The molecule has 0 spiro atoms. The van der Waals surface area contributed by atoms with Gasteiger partial charge in [-0.3, -0.25) is 0 Å². The molecule has 2 unspecified atom stereocenters. The van der Waals surface area contributed by atoms with Gasteiger partial charge in [0, 0.05) is 7.11 Å². The van der Waals surface area contributed by atoms with Gasteiger partial charge in [-0.2, -0.15) is 0 Å². The van der Waals surface area contributed by atoms with E-state index in [-0.39, 0.29) is 11.6 Å². The number of ether oxygens (including phenoxy) is 1. The van der Waals surface area contributed by atoms with Crippen molar-refractivity contribution in [3.63, 3.8) is 0 Å². The van der Waals surface area contributed by atoms with Gasteiger partial charge in [-0.1, -0.05) is 6.92 Å². The van der Waals surface area contributed by atoms with Gasteiger partial charge < -0.3 is 14.9 Å². The Labute approximate surface area is 92.7 Å². The number of methoxy groups -OCH3 is 1. The minimum absolute atomic E-state index is 0.262. The molecule has 3 nitrogen and oxygen atoms in total. The van der Waals surface area contributed by atoms with E-state index in [1.165, 1.54) is 0 Å². The Morgan fingerprint density at radius 2 is 2.36 bits per heavy atom. The second kappa shape index (κ2) is 4.47. The summed E-state index contributed by atoms with van der Waals surface area (Å²) in [6.45, 7) is 4.02. The molecule has 2 N–H and O–H groups in total. The molecule has 0 aliphatic rings. The average molecular weight is 262 g/mol. The van der Waals surface area contributed by atoms with Crippen LogP contribution in [0.4, 0.5) is 0 Å². The quantitative estimate of drug-likeness (QED) is 0.907. The summed E-state index contributed by atoms with van der Waals surface area (Å²) in [7, 11) is 1.67. The van der Waals surface area contributed by atoms with Crippen LogP contribution in [0.1, 0.15) is 32.1 Å². The number of hydrogen-bond donors (Lipinski definition) is 1. The van der Waals surface area contributed by atoms with Crippen LogP contribution in [0.15, 0.2) is 21.2 Å². The van der Waals surface area contributed by atoms with E-state index in [1.807, 2.05) is 19.9 Å². The number of halogens is 1. The summed E-state index contributed by atoms with van der Waals surface area (Å²) < 4.78 is 11.6. The summed E-state index contributed by atoms with van der Waals surface area (Å²) in [5, 5.41) is 0. The zero-order valence-corrected chi connectivity index (χ0v) is 10.3. The molecule has 1 aromatic heterocycles. The lowest BCUT2D eigenvalue weighted by Gasteiger charge is -2.32. The molecule has 0 aromatic carbocycles. The summed E-state index contributed by atoms with van der Waals surface area (Å²) in [6, 6.07) is 1.57. The highest BCUT2D eigenvalue weighted by atomic mass is 79.9. The molecule has 0 saturated carbocycles. The van der Waals surface area contributed by atoms with Gasteiger partial charge in [0.15, 0.2) is 0 Å². The van der Waals surface area contributed by atoms with Gasteiger partial charge in [0.1, 0.15) is 5.76 Å². The van der Waals surface area contributed by atoms with E-state index in [1.54, 1.807) is 13.4 Å². The van der Waals surface area contributed by atoms with Crippen LogP contribution in [0.2, 0.25) is 0 Å². The smallest absolute Gasteiger partial charge is 0.137 e. The van der Waals surface area contributed by atoms with Gasteiger partial charge in [-0.05, 0) is 35.3 Å². The molecule has 2 atom stereocenters. The minimum atomic E-state index is -0.389. The van der Waals surface area contributed by atoms with Crippen LogP contribution >= 0.6 is 15.9 Å². The molecule has 1 heterocycles. The predicted octanol–water partition coefficient (Wildman–Crippen LogP) is 2.86. The molecule has 0 aliphatic heterocycles. The second-order valence-corrected chi connectivity index (χ2v) is 4.34. The third-order valence-corrected chi connectivity index (χ3v) is 3.41. The fourth-order valence-corrected chi connectivity index (χ4v) is 1.74. The molecule has 0 saturated heterocycles. The zero-order chi connectivity index (χ0) is 10.8. The summed E-state index contributed by atoms with van der Waals surface area (Å²) in [6.07, 6.45) is 2.45. The monoisotopic (exact) mass is 261 g/mol. The van der Waals surface area contributed by atoms with Crippen molar-refractivity contribution in [2.75, 3.05) is 7.11 Å². The molecule has 0 radical (unpaired) electrons. The van der Waals surface area contributed by atoms with Gasteiger partial charge in [0.25, 0.3) is 0 Å².